The molecule has 2 aromatic rings. The zero-order valence-corrected chi connectivity index (χ0v) is 19.0. The first-order chi connectivity index (χ1) is 14.6. The summed E-state index contributed by atoms with van der Waals surface area (Å²) in [6.45, 7) is 1.50. The van der Waals surface area contributed by atoms with Gasteiger partial charge < -0.3 is 10.2 Å². The summed E-state index contributed by atoms with van der Waals surface area (Å²) in [6, 6.07) is 15.8. The van der Waals surface area contributed by atoms with Crippen LogP contribution in [0, 0.1) is 0 Å². The molecule has 1 saturated heterocycles. The number of hydrogen-bond donors (Lipinski definition) is 1. The number of nitrogens with one attached hydrogen (secondary N) is 1. The number of sulfone groups is 1. The zero-order chi connectivity index (χ0) is 22.5. The van der Waals surface area contributed by atoms with Gasteiger partial charge in [0.2, 0.25) is 10.0 Å². The van der Waals surface area contributed by atoms with E-state index in [4.69, 9.17) is 0 Å². The molecule has 0 aromatic heterocycles. The normalized spacial score (nSPS) is 15.6. The van der Waals surface area contributed by atoms with Crippen molar-refractivity contribution in [1.82, 2.24) is 14.5 Å². The predicted molar refractivity (Wildman–Crippen MR) is 119 cm³/mol. The van der Waals surface area contributed by atoms with Gasteiger partial charge >= 0.3 is 6.03 Å². The first-order valence-corrected chi connectivity index (χ1v) is 13.6. The number of urea groups is 1. The van der Waals surface area contributed by atoms with Crippen LogP contribution in [0.25, 0.3) is 0 Å². The minimum Gasteiger partial charge on any atom is -0.334 e. The maximum atomic E-state index is 12.6. The first-order valence-electron chi connectivity index (χ1n) is 9.92. The van der Waals surface area contributed by atoms with Crippen molar-refractivity contribution in [2.75, 3.05) is 32.4 Å². The van der Waals surface area contributed by atoms with Crippen molar-refractivity contribution in [2.45, 2.75) is 18.1 Å². The third-order valence-corrected chi connectivity index (χ3v) is 7.71. The monoisotopic (exact) mass is 465 g/mol. The molecule has 0 spiro atoms. The van der Waals surface area contributed by atoms with Gasteiger partial charge in [0.15, 0.2) is 9.84 Å². The molecule has 0 atom stereocenters. The quantitative estimate of drug-likeness (QED) is 0.669. The van der Waals surface area contributed by atoms with Gasteiger partial charge in [0, 0.05) is 39.0 Å². The van der Waals surface area contributed by atoms with Crippen LogP contribution in [0.5, 0.6) is 0 Å². The molecule has 1 aliphatic heterocycles. The fraction of sp³-hybridized carbons (Fsp3) is 0.381. The van der Waals surface area contributed by atoms with Crippen LogP contribution in [0.1, 0.15) is 16.7 Å². The van der Waals surface area contributed by atoms with Gasteiger partial charge in [0.25, 0.3) is 0 Å². The summed E-state index contributed by atoms with van der Waals surface area (Å²) in [6.07, 6.45) is 1.19. The number of piperazine rings is 1. The van der Waals surface area contributed by atoms with Crippen LogP contribution >= 0.6 is 0 Å². The van der Waals surface area contributed by atoms with Crippen molar-refractivity contribution in [1.29, 1.82) is 0 Å². The SMILES string of the molecule is CS(=O)(=O)Cc1ccc(CNC(=O)N2CCN(S(=O)(=O)Cc3ccccc3)CC2)cc1. The smallest absolute Gasteiger partial charge is 0.317 e. The second kappa shape index (κ2) is 9.80. The zero-order valence-electron chi connectivity index (χ0n) is 17.4. The van der Waals surface area contributed by atoms with E-state index >= 15 is 0 Å². The number of nitrogens with zero attached hydrogens (tertiary/aromatic N) is 2. The van der Waals surface area contributed by atoms with Crippen molar-refractivity contribution < 1.29 is 21.6 Å². The predicted octanol–water partition coefficient (Wildman–Crippen LogP) is 1.59. The molecule has 0 bridgehead atoms. The minimum atomic E-state index is -3.43. The molecule has 0 radical (unpaired) electrons. The number of carbonyl (C=O) groups excluding carboxylic acids is 1. The molecule has 1 N–H and O–H groups in total. The Hall–Kier alpha value is -2.43. The summed E-state index contributed by atoms with van der Waals surface area (Å²) in [5.41, 5.74) is 2.30. The first kappa shape index (κ1) is 23.2. The van der Waals surface area contributed by atoms with Crippen LogP contribution in [0.2, 0.25) is 0 Å². The summed E-state index contributed by atoms with van der Waals surface area (Å²) >= 11 is 0. The second-order valence-electron chi connectivity index (χ2n) is 7.67. The molecule has 2 amide bonds. The van der Waals surface area contributed by atoms with Gasteiger partial charge in [-0.2, -0.15) is 4.31 Å². The van der Waals surface area contributed by atoms with Crippen molar-refractivity contribution in [3.63, 3.8) is 0 Å². The van der Waals surface area contributed by atoms with E-state index in [1.165, 1.54) is 10.6 Å². The molecule has 0 aliphatic carbocycles. The van der Waals surface area contributed by atoms with E-state index < -0.39 is 19.9 Å². The maximum Gasteiger partial charge on any atom is 0.317 e. The Morgan fingerprint density at radius 3 is 1.94 bits per heavy atom. The van der Waals surface area contributed by atoms with E-state index in [0.29, 0.717) is 25.2 Å². The van der Waals surface area contributed by atoms with Gasteiger partial charge in [-0.15, -0.1) is 0 Å². The van der Waals surface area contributed by atoms with E-state index in [0.717, 1.165) is 11.1 Å². The Bertz CT molecular complexity index is 1090. The van der Waals surface area contributed by atoms with E-state index in [-0.39, 0.29) is 30.6 Å². The van der Waals surface area contributed by atoms with Gasteiger partial charge in [-0.05, 0) is 16.7 Å². The molecule has 10 heteroatoms. The van der Waals surface area contributed by atoms with Gasteiger partial charge in [0.05, 0.1) is 11.5 Å². The average Bonchev–Trinajstić information content (AvgIpc) is 2.72. The summed E-state index contributed by atoms with van der Waals surface area (Å²) in [5.74, 6) is -0.0630. The molecule has 2 aromatic carbocycles. The highest BCUT2D eigenvalue weighted by Gasteiger charge is 2.28. The standard InChI is InChI=1S/C21H27N3O5S2/c1-30(26,27)16-20-9-7-18(8-10-20)15-22-21(25)23-11-13-24(14-12-23)31(28,29)17-19-5-3-2-4-6-19/h2-10H,11-17H2,1H3,(H,22,25). The number of benzene rings is 2. The molecule has 168 valence electrons. The molecule has 3 rings (SSSR count). The van der Waals surface area contributed by atoms with E-state index in [2.05, 4.69) is 5.32 Å². The lowest BCUT2D eigenvalue weighted by Crippen LogP contribution is -2.53. The summed E-state index contributed by atoms with van der Waals surface area (Å²) in [7, 11) is -6.51. The fourth-order valence-corrected chi connectivity index (χ4v) is 5.70. The number of carbonyl (C=O) groups is 1. The van der Waals surface area contributed by atoms with E-state index in [9.17, 15) is 21.6 Å². The number of rotatable bonds is 7. The summed E-state index contributed by atoms with van der Waals surface area (Å²) in [5, 5.41) is 2.83. The molecular formula is C21H27N3O5S2. The summed E-state index contributed by atoms with van der Waals surface area (Å²) in [4.78, 5) is 14.0. The molecule has 1 fully saturated rings. The fourth-order valence-electron chi connectivity index (χ4n) is 3.39. The number of sulfonamides is 1. The topological polar surface area (TPSA) is 104 Å². The van der Waals surface area contributed by atoms with Crippen LogP contribution in [0.3, 0.4) is 0 Å². The highest BCUT2D eigenvalue weighted by atomic mass is 32.2. The highest BCUT2D eigenvalue weighted by molar-refractivity contribution is 7.89. The van der Waals surface area contributed by atoms with Crippen molar-refractivity contribution >= 4 is 25.9 Å². The van der Waals surface area contributed by atoms with Gasteiger partial charge in [-0.1, -0.05) is 54.6 Å². The number of amides is 2. The largest absolute Gasteiger partial charge is 0.334 e. The molecule has 8 nitrogen and oxygen atoms in total. The highest BCUT2D eigenvalue weighted by Crippen LogP contribution is 2.14. The number of hydrogen-bond acceptors (Lipinski definition) is 5. The lowest BCUT2D eigenvalue weighted by Gasteiger charge is -2.34. The van der Waals surface area contributed by atoms with Gasteiger partial charge in [-0.3, -0.25) is 0 Å². The molecule has 1 heterocycles. The Morgan fingerprint density at radius 2 is 1.35 bits per heavy atom. The third-order valence-electron chi connectivity index (χ3n) is 5.01. The van der Waals surface area contributed by atoms with Crippen molar-refractivity contribution in [3.05, 3.63) is 71.3 Å². The van der Waals surface area contributed by atoms with Crippen LogP contribution < -0.4 is 5.32 Å². The summed E-state index contributed by atoms with van der Waals surface area (Å²) < 4.78 is 49.4. The molecule has 31 heavy (non-hydrogen) atoms. The Balaban J connectivity index is 1.47. The lowest BCUT2D eigenvalue weighted by atomic mass is 10.1. The van der Waals surface area contributed by atoms with Crippen LogP contribution in [0.15, 0.2) is 54.6 Å². The Labute approximate surface area is 183 Å². The average molecular weight is 466 g/mol. The van der Waals surface area contributed by atoms with Crippen molar-refractivity contribution in [2.24, 2.45) is 0 Å². The van der Waals surface area contributed by atoms with Gasteiger partial charge in [0.1, 0.15) is 0 Å². The minimum absolute atomic E-state index is 0.0168. The molecule has 0 unspecified atom stereocenters. The van der Waals surface area contributed by atoms with Gasteiger partial charge in [-0.25, -0.2) is 21.6 Å². The van der Waals surface area contributed by atoms with Crippen LogP contribution in [-0.2, 0) is 37.9 Å². The van der Waals surface area contributed by atoms with Crippen LogP contribution in [0.4, 0.5) is 4.79 Å². The lowest BCUT2D eigenvalue weighted by molar-refractivity contribution is 0.172. The second-order valence-corrected chi connectivity index (χ2v) is 11.8. The molecule has 1 aliphatic rings. The van der Waals surface area contributed by atoms with Crippen molar-refractivity contribution in [3.8, 4) is 0 Å². The third kappa shape index (κ3) is 7.05. The van der Waals surface area contributed by atoms with Crippen LogP contribution in [-0.4, -0.2) is 64.5 Å². The Morgan fingerprint density at radius 1 is 0.806 bits per heavy atom. The maximum absolute atomic E-state index is 12.6. The molecule has 0 saturated carbocycles. The van der Waals surface area contributed by atoms with E-state index in [1.807, 2.05) is 18.2 Å². The Kier molecular flexibility index (Phi) is 7.34. The van der Waals surface area contributed by atoms with E-state index in [1.54, 1.807) is 41.3 Å². The molecular weight excluding hydrogens is 438 g/mol.